The van der Waals surface area contributed by atoms with E-state index in [1.807, 2.05) is 42.7 Å². The van der Waals surface area contributed by atoms with Crippen LogP contribution in [0.4, 0.5) is 5.82 Å². The van der Waals surface area contributed by atoms with Gasteiger partial charge in [-0.05, 0) is 49.1 Å². The molecule has 28 heavy (non-hydrogen) atoms. The molecule has 2 unspecified atom stereocenters. The van der Waals surface area contributed by atoms with Gasteiger partial charge in [-0.25, -0.2) is 9.97 Å². The summed E-state index contributed by atoms with van der Waals surface area (Å²) in [5.41, 5.74) is 3.18. The van der Waals surface area contributed by atoms with Crippen LogP contribution >= 0.6 is 0 Å². The van der Waals surface area contributed by atoms with Crippen LogP contribution in [0.25, 0.3) is 11.0 Å². The molecule has 2 aromatic heterocycles. The normalized spacial score (nSPS) is 22.4. The summed E-state index contributed by atoms with van der Waals surface area (Å²) in [6.45, 7) is 4.17. The van der Waals surface area contributed by atoms with Crippen LogP contribution in [0.5, 0.6) is 5.88 Å². The lowest BCUT2D eigenvalue weighted by Crippen LogP contribution is -2.48. The number of likely N-dealkylation sites (tertiary alicyclic amines) is 1. The highest BCUT2D eigenvalue weighted by molar-refractivity contribution is 5.75. The summed E-state index contributed by atoms with van der Waals surface area (Å²) in [5.74, 6) is 2.45. The first kappa shape index (κ1) is 17.4. The molecule has 2 saturated heterocycles. The molecule has 4 heterocycles. The van der Waals surface area contributed by atoms with Gasteiger partial charge < -0.3 is 9.64 Å². The Hall–Kier alpha value is -2.73. The monoisotopic (exact) mass is 375 g/mol. The highest BCUT2D eigenvalue weighted by atomic mass is 16.5. The number of benzene rings is 1. The predicted molar refractivity (Wildman–Crippen MR) is 109 cm³/mol. The molecule has 2 atom stereocenters. The smallest absolute Gasteiger partial charge is 0.213 e. The van der Waals surface area contributed by atoms with E-state index < -0.39 is 0 Å². The predicted octanol–water partition coefficient (Wildman–Crippen LogP) is 3.13. The van der Waals surface area contributed by atoms with Crippen LogP contribution in [0.3, 0.4) is 0 Å². The minimum absolute atomic E-state index is 0.557. The summed E-state index contributed by atoms with van der Waals surface area (Å²) in [6, 6.07) is 12.8. The van der Waals surface area contributed by atoms with E-state index in [0.29, 0.717) is 11.9 Å². The van der Waals surface area contributed by atoms with Gasteiger partial charge in [0.15, 0.2) is 0 Å². The molecule has 6 heteroatoms. The van der Waals surface area contributed by atoms with Crippen molar-refractivity contribution in [3.8, 4) is 5.88 Å². The molecular weight excluding hydrogens is 350 g/mol. The Balaban J connectivity index is 1.34. The van der Waals surface area contributed by atoms with Gasteiger partial charge in [-0.15, -0.1) is 0 Å². The van der Waals surface area contributed by atoms with Crippen molar-refractivity contribution in [3.05, 3.63) is 54.4 Å². The number of hydrogen-bond acceptors (Lipinski definition) is 6. The SMILES string of the molecule is COc1cc(CN2CCC3CCN(c4cnc5ccccc5n4)CC32)ccn1. The maximum Gasteiger partial charge on any atom is 0.213 e. The van der Waals surface area contributed by atoms with Crippen molar-refractivity contribution >= 4 is 16.9 Å². The summed E-state index contributed by atoms with van der Waals surface area (Å²) in [6.07, 6.45) is 6.26. The maximum absolute atomic E-state index is 5.28. The molecule has 2 aliphatic heterocycles. The molecule has 0 aliphatic carbocycles. The van der Waals surface area contributed by atoms with Crippen LogP contribution < -0.4 is 9.64 Å². The van der Waals surface area contributed by atoms with Crippen molar-refractivity contribution in [1.29, 1.82) is 0 Å². The molecule has 6 nitrogen and oxygen atoms in total. The summed E-state index contributed by atoms with van der Waals surface area (Å²) in [4.78, 5) is 18.7. The van der Waals surface area contributed by atoms with E-state index in [4.69, 9.17) is 9.72 Å². The van der Waals surface area contributed by atoms with Crippen LogP contribution in [0.2, 0.25) is 0 Å². The summed E-state index contributed by atoms with van der Waals surface area (Å²) >= 11 is 0. The Kier molecular flexibility index (Phi) is 4.56. The van der Waals surface area contributed by atoms with Crippen molar-refractivity contribution < 1.29 is 4.74 Å². The summed E-state index contributed by atoms with van der Waals surface area (Å²) in [7, 11) is 1.67. The van der Waals surface area contributed by atoms with E-state index in [0.717, 1.165) is 48.9 Å². The van der Waals surface area contributed by atoms with Crippen molar-refractivity contribution in [2.75, 3.05) is 31.6 Å². The van der Waals surface area contributed by atoms with Gasteiger partial charge in [0.1, 0.15) is 5.82 Å². The minimum atomic E-state index is 0.557. The standard InChI is InChI=1S/C22H25N5O/c1-28-22-12-16(6-9-23-22)14-26-10-7-17-8-11-27(15-20(17)26)21-13-24-18-4-2-3-5-19(18)25-21/h2-6,9,12-13,17,20H,7-8,10-11,14-15H2,1H3. The Labute approximate surface area is 165 Å². The van der Waals surface area contributed by atoms with Gasteiger partial charge in [-0.3, -0.25) is 9.88 Å². The Morgan fingerprint density at radius 2 is 1.93 bits per heavy atom. The lowest BCUT2D eigenvalue weighted by Gasteiger charge is -2.39. The van der Waals surface area contributed by atoms with Gasteiger partial charge in [0, 0.05) is 37.9 Å². The van der Waals surface area contributed by atoms with E-state index >= 15 is 0 Å². The Morgan fingerprint density at radius 1 is 1.07 bits per heavy atom. The number of pyridine rings is 1. The zero-order valence-corrected chi connectivity index (χ0v) is 16.2. The van der Waals surface area contributed by atoms with E-state index in [1.165, 1.54) is 18.4 Å². The largest absolute Gasteiger partial charge is 0.481 e. The third-order valence-corrected chi connectivity index (χ3v) is 6.13. The zero-order valence-electron chi connectivity index (χ0n) is 16.2. The quantitative estimate of drug-likeness (QED) is 0.698. The van der Waals surface area contributed by atoms with Gasteiger partial charge in [0.05, 0.1) is 24.3 Å². The third-order valence-electron chi connectivity index (χ3n) is 6.13. The number of methoxy groups -OCH3 is 1. The molecule has 2 fully saturated rings. The van der Waals surface area contributed by atoms with Gasteiger partial charge in [-0.2, -0.15) is 0 Å². The second kappa shape index (κ2) is 7.36. The number of para-hydroxylation sites is 2. The van der Waals surface area contributed by atoms with Gasteiger partial charge in [-0.1, -0.05) is 12.1 Å². The fourth-order valence-corrected chi connectivity index (χ4v) is 4.63. The molecule has 144 valence electrons. The van der Waals surface area contributed by atoms with Crippen LogP contribution in [-0.2, 0) is 6.54 Å². The average molecular weight is 375 g/mol. The lowest BCUT2D eigenvalue weighted by molar-refractivity contribution is 0.200. The van der Waals surface area contributed by atoms with Crippen LogP contribution in [0.15, 0.2) is 48.8 Å². The van der Waals surface area contributed by atoms with Gasteiger partial charge in [0.25, 0.3) is 0 Å². The number of piperidine rings is 1. The van der Waals surface area contributed by atoms with Crippen molar-refractivity contribution in [1.82, 2.24) is 19.9 Å². The first-order chi connectivity index (χ1) is 13.8. The molecule has 0 spiro atoms. The number of fused-ring (bicyclic) bond motifs is 2. The number of hydrogen-bond donors (Lipinski definition) is 0. The number of aromatic nitrogens is 3. The Morgan fingerprint density at radius 3 is 2.82 bits per heavy atom. The fourth-order valence-electron chi connectivity index (χ4n) is 4.63. The Bertz CT molecular complexity index is 978. The molecule has 0 amide bonds. The molecule has 5 rings (SSSR count). The zero-order chi connectivity index (χ0) is 18.9. The van der Waals surface area contributed by atoms with Crippen molar-refractivity contribution in [2.24, 2.45) is 5.92 Å². The van der Waals surface area contributed by atoms with Crippen LogP contribution in [-0.4, -0.2) is 52.6 Å². The van der Waals surface area contributed by atoms with Crippen molar-refractivity contribution in [3.63, 3.8) is 0 Å². The van der Waals surface area contributed by atoms with Crippen LogP contribution in [0, 0.1) is 5.92 Å². The average Bonchev–Trinajstić information content (AvgIpc) is 3.15. The highest BCUT2D eigenvalue weighted by Crippen LogP contribution is 2.34. The minimum Gasteiger partial charge on any atom is -0.481 e. The fraction of sp³-hybridized carbons (Fsp3) is 0.409. The molecule has 0 bridgehead atoms. The first-order valence-electron chi connectivity index (χ1n) is 10.00. The molecule has 0 saturated carbocycles. The molecule has 0 N–H and O–H groups in total. The summed E-state index contributed by atoms with van der Waals surface area (Å²) < 4.78 is 5.28. The molecular formula is C22H25N5O. The van der Waals surface area contributed by atoms with E-state index in [1.54, 1.807) is 7.11 Å². The second-order valence-electron chi connectivity index (χ2n) is 7.74. The van der Waals surface area contributed by atoms with Gasteiger partial charge >= 0.3 is 0 Å². The van der Waals surface area contributed by atoms with E-state index in [-0.39, 0.29) is 0 Å². The van der Waals surface area contributed by atoms with Crippen LogP contribution in [0.1, 0.15) is 18.4 Å². The molecule has 2 aliphatic rings. The third kappa shape index (κ3) is 3.29. The number of nitrogens with zero attached hydrogens (tertiary/aromatic N) is 5. The van der Waals surface area contributed by atoms with Crippen molar-refractivity contribution in [2.45, 2.75) is 25.4 Å². The summed E-state index contributed by atoms with van der Waals surface area (Å²) in [5, 5.41) is 0. The first-order valence-corrected chi connectivity index (χ1v) is 10.00. The maximum atomic E-state index is 5.28. The topological polar surface area (TPSA) is 54.4 Å². The highest BCUT2D eigenvalue weighted by Gasteiger charge is 2.38. The molecule has 0 radical (unpaired) electrons. The molecule has 1 aromatic carbocycles. The second-order valence-corrected chi connectivity index (χ2v) is 7.74. The number of anilines is 1. The lowest BCUT2D eigenvalue weighted by atomic mass is 9.92. The van der Waals surface area contributed by atoms with E-state index in [9.17, 15) is 0 Å². The number of rotatable bonds is 4. The van der Waals surface area contributed by atoms with E-state index in [2.05, 4.69) is 25.8 Å². The van der Waals surface area contributed by atoms with Gasteiger partial charge in [0.2, 0.25) is 5.88 Å². The number of ether oxygens (including phenoxy) is 1. The molecule has 3 aromatic rings.